The lowest BCUT2D eigenvalue weighted by Crippen LogP contribution is -2.22. The summed E-state index contributed by atoms with van der Waals surface area (Å²) in [5.41, 5.74) is 11.4. The highest BCUT2D eigenvalue weighted by molar-refractivity contribution is 5.54. The summed E-state index contributed by atoms with van der Waals surface area (Å²) in [6, 6.07) is 8.87. The van der Waals surface area contributed by atoms with E-state index in [2.05, 4.69) is 70.2 Å². The quantitative estimate of drug-likeness (QED) is 0.808. The molecule has 0 heterocycles. The van der Waals surface area contributed by atoms with Crippen LogP contribution in [0.5, 0.6) is 0 Å². The number of hydrogen-bond donors (Lipinski definition) is 1. The van der Waals surface area contributed by atoms with E-state index in [0.717, 1.165) is 6.42 Å². The van der Waals surface area contributed by atoms with E-state index in [-0.39, 0.29) is 10.8 Å². The van der Waals surface area contributed by atoms with Crippen LogP contribution in [0.15, 0.2) is 59.8 Å². The number of aryl methyl sites for hydroxylation is 1. The molecule has 1 fully saturated rings. The van der Waals surface area contributed by atoms with Gasteiger partial charge in [-0.2, -0.15) is 0 Å². The standard InChI is InChI=1S/C20H27N/c1-6-7-8-17-18(13-21)20(5,14-19(17,3)4)16-11-9-15(2)10-12-16/h6-13H,14,21H2,1-5H3/b7-6+,17-8+,18-13+. The fourth-order valence-electron chi connectivity index (χ4n) is 3.70. The van der Waals surface area contributed by atoms with Crippen LogP contribution in [0.1, 0.15) is 45.2 Å². The molecule has 1 aliphatic rings. The number of hydrogen-bond acceptors (Lipinski definition) is 1. The van der Waals surface area contributed by atoms with Crippen LogP contribution in [0, 0.1) is 12.3 Å². The average Bonchev–Trinajstić information content (AvgIpc) is 2.63. The summed E-state index contributed by atoms with van der Waals surface area (Å²) in [6.07, 6.45) is 9.29. The molecule has 0 radical (unpaired) electrons. The first-order valence-corrected chi connectivity index (χ1v) is 7.68. The molecule has 0 bridgehead atoms. The van der Waals surface area contributed by atoms with Crippen molar-refractivity contribution in [2.24, 2.45) is 11.1 Å². The Balaban J connectivity index is 2.57. The minimum absolute atomic E-state index is 0.0145. The minimum Gasteiger partial charge on any atom is -0.404 e. The summed E-state index contributed by atoms with van der Waals surface area (Å²) in [4.78, 5) is 0. The predicted octanol–water partition coefficient (Wildman–Crippen LogP) is 5.03. The number of nitrogens with two attached hydrogens (primary N) is 1. The average molecular weight is 281 g/mol. The molecule has 0 amide bonds. The normalized spacial score (nSPS) is 28.8. The predicted molar refractivity (Wildman–Crippen MR) is 92.1 cm³/mol. The van der Waals surface area contributed by atoms with E-state index in [9.17, 15) is 0 Å². The van der Waals surface area contributed by atoms with Gasteiger partial charge in [0.25, 0.3) is 0 Å². The van der Waals surface area contributed by atoms with Crippen molar-refractivity contribution < 1.29 is 0 Å². The topological polar surface area (TPSA) is 26.0 Å². The van der Waals surface area contributed by atoms with Gasteiger partial charge in [-0.1, -0.05) is 68.8 Å². The van der Waals surface area contributed by atoms with Gasteiger partial charge in [-0.05, 0) is 48.6 Å². The van der Waals surface area contributed by atoms with Gasteiger partial charge in [-0.15, -0.1) is 0 Å². The third kappa shape index (κ3) is 2.70. The maximum absolute atomic E-state index is 6.03. The van der Waals surface area contributed by atoms with Gasteiger partial charge >= 0.3 is 0 Å². The van der Waals surface area contributed by atoms with Crippen molar-refractivity contribution >= 4 is 0 Å². The largest absolute Gasteiger partial charge is 0.404 e. The Bertz CT molecular complexity index is 599. The van der Waals surface area contributed by atoms with Crippen LogP contribution in [-0.4, -0.2) is 0 Å². The van der Waals surface area contributed by atoms with Gasteiger partial charge in [-0.3, -0.25) is 0 Å². The maximum Gasteiger partial charge on any atom is 0.0200 e. The number of benzene rings is 1. The van der Waals surface area contributed by atoms with Crippen LogP contribution in [-0.2, 0) is 5.41 Å². The van der Waals surface area contributed by atoms with Gasteiger partial charge in [0.1, 0.15) is 0 Å². The lowest BCUT2D eigenvalue weighted by Gasteiger charge is -2.27. The number of rotatable bonds is 2. The van der Waals surface area contributed by atoms with E-state index in [1.807, 2.05) is 13.1 Å². The molecule has 112 valence electrons. The van der Waals surface area contributed by atoms with Crippen LogP contribution >= 0.6 is 0 Å². The maximum atomic E-state index is 6.03. The Morgan fingerprint density at radius 3 is 2.19 bits per heavy atom. The third-order valence-electron chi connectivity index (χ3n) is 4.72. The Labute approximate surface area is 129 Å². The molecular weight excluding hydrogens is 254 g/mol. The Kier molecular flexibility index (Phi) is 4.13. The van der Waals surface area contributed by atoms with Crippen molar-refractivity contribution in [3.63, 3.8) is 0 Å². The molecule has 2 rings (SSSR count). The molecule has 21 heavy (non-hydrogen) atoms. The molecule has 1 aromatic rings. The zero-order valence-corrected chi connectivity index (χ0v) is 13.9. The van der Waals surface area contributed by atoms with Gasteiger partial charge in [0.2, 0.25) is 0 Å². The van der Waals surface area contributed by atoms with Gasteiger partial charge < -0.3 is 5.73 Å². The second-order valence-electron chi connectivity index (χ2n) is 6.95. The zero-order chi connectivity index (χ0) is 15.7. The van der Waals surface area contributed by atoms with E-state index in [1.54, 1.807) is 0 Å². The van der Waals surface area contributed by atoms with E-state index in [4.69, 9.17) is 5.73 Å². The first-order valence-electron chi connectivity index (χ1n) is 7.68. The molecule has 0 saturated heterocycles. The first kappa shape index (κ1) is 15.6. The molecule has 1 heteroatoms. The Morgan fingerprint density at radius 1 is 1.05 bits per heavy atom. The van der Waals surface area contributed by atoms with Crippen LogP contribution in [0.2, 0.25) is 0 Å². The molecule has 1 saturated carbocycles. The molecule has 1 aromatic carbocycles. The van der Waals surface area contributed by atoms with Gasteiger partial charge in [-0.25, -0.2) is 0 Å². The van der Waals surface area contributed by atoms with E-state index < -0.39 is 0 Å². The lowest BCUT2D eigenvalue weighted by atomic mass is 9.76. The Hall–Kier alpha value is -1.76. The molecule has 0 spiro atoms. The van der Waals surface area contributed by atoms with Crippen molar-refractivity contribution in [3.8, 4) is 0 Å². The smallest absolute Gasteiger partial charge is 0.0200 e. The van der Waals surface area contributed by atoms with Crippen molar-refractivity contribution in [3.05, 3.63) is 71.0 Å². The second kappa shape index (κ2) is 5.55. The lowest BCUT2D eigenvalue weighted by molar-refractivity contribution is 0.388. The molecule has 1 unspecified atom stereocenters. The summed E-state index contributed by atoms with van der Waals surface area (Å²) < 4.78 is 0. The summed E-state index contributed by atoms with van der Waals surface area (Å²) in [5.74, 6) is 0. The molecule has 2 N–H and O–H groups in total. The second-order valence-corrected chi connectivity index (χ2v) is 6.95. The third-order valence-corrected chi connectivity index (χ3v) is 4.72. The van der Waals surface area contributed by atoms with Crippen molar-refractivity contribution in [1.29, 1.82) is 0 Å². The molecule has 1 atom stereocenters. The van der Waals surface area contributed by atoms with E-state index in [1.165, 1.54) is 22.3 Å². The highest BCUT2D eigenvalue weighted by Gasteiger charge is 2.48. The fourth-order valence-corrected chi connectivity index (χ4v) is 3.70. The van der Waals surface area contributed by atoms with Crippen LogP contribution in [0.4, 0.5) is 0 Å². The van der Waals surface area contributed by atoms with Gasteiger partial charge in [0.15, 0.2) is 0 Å². The molecular formula is C20H27N. The van der Waals surface area contributed by atoms with Gasteiger partial charge in [0, 0.05) is 5.41 Å². The summed E-state index contributed by atoms with van der Waals surface area (Å²) in [6.45, 7) is 11.1. The summed E-state index contributed by atoms with van der Waals surface area (Å²) in [5, 5.41) is 0. The first-order chi connectivity index (χ1) is 9.85. The zero-order valence-electron chi connectivity index (χ0n) is 13.9. The Morgan fingerprint density at radius 2 is 1.67 bits per heavy atom. The molecule has 1 nitrogen and oxygen atoms in total. The fraction of sp³-hybridized carbons (Fsp3) is 0.400. The minimum atomic E-state index is -0.0145. The van der Waals surface area contributed by atoms with Crippen LogP contribution in [0.3, 0.4) is 0 Å². The molecule has 0 aliphatic heterocycles. The summed E-state index contributed by atoms with van der Waals surface area (Å²) >= 11 is 0. The van der Waals surface area contributed by atoms with Crippen molar-refractivity contribution in [1.82, 2.24) is 0 Å². The summed E-state index contributed by atoms with van der Waals surface area (Å²) in [7, 11) is 0. The molecule has 0 aromatic heterocycles. The van der Waals surface area contributed by atoms with Crippen molar-refractivity contribution in [2.45, 2.75) is 46.5 Å². The SMILES string of the molecule is C/C=C/C=C1\C(=C/N)C(C)(c2ccc(C)cc2)CC1(C)C. The number of allylic oxidation sites excluding steroid dienone is 5. The van der Waals surface area contributed by atoms with Gasteiger partial charge in [0.05, 0.1) is 0 Å². The van der Waals surface area contributed by atoms with Crippen LogP contribution in [0.25, 0.3) is 0 Å². The van der Waals surface area contributed by atoms with Crippen molar-refractivity contribution in [2.75, 3.05) is 0 Å². The monoisotopic (exact) mass is 281 g/mol. The van der Waals surface area contributed by atoms with E-state index in [0.29, 0.717) is 0 Å². The van der Waals surface area contributed by atoms with Crippen LogP contribution < -0.4 is 5.73 Å². The molecule has 1 aliphatic carbocycles. The highest BCUT2D eigenvalue weighted by atomic mass is 14.6. The van der Waals surface area contributed by atoms with E-state index >= 15 is 0 Å². The highest BCUT2D eigenvalue weighted by Crippen LogP contribution is 2.56.